The lowest BCUT2D eigenvalue weighted by atomic mass is 10.2. The number of tetrazole rings is 1. The van der Waals surface area contributed by atoms with Crippen molar-refractivity contribution in [1.29, 1.82) is 0 Å². The summed E-state index contributed by atoms with van der Waals surface area (Å²) in [5, 5.41) is 15.6. The van der Waals surface area contributed by atoms with Crippen LogP contribution in [-0.2, 0) is 6.54 Å². The molecule has 20 heavy (non-hydrogen) atoms. The van der Waals surface area contributed by atoms with E-state index in [0.29, 0.717) is 5.65 Å². The first kappa shape index (κ1) is 12.9. The van der Waals surface area contributed by atoms with Crippen LogP contribution in [0.4, 0.5) is 5.82 Å². The monoisotopic (exact) mass is 286 g/mol. The van der Waals surface area contributed by atoms with Crippen LogP contribution in [0.15, 0.2) is 41.3 Å². The lowest BCUT2D eigenvalue weighted by molar-refractivity contribution is 0.720. The second-order valence-electron chi connectivity index (χ2n) is 4.42. The van der Waals surface area contributed by atoms with Gasteiger partial charge in [0.25, 0.3) is 0 Å². The van der Waals surface area contributed by atoms with E-state index in [4.69, 9.17) is 0 Å². The molecular weight excluding hydrogens is 272 g/mol. The molecule has 0 fully saturated rings. The maximum absolute atomic E-state index is 4.37. The van der Waals surface area contributed by atoms with Crippen molar-refractivity contribution in [2.45, 2.75) is 11.4 Å². The lowest BCUT2D eigenvalue weighted by Crippen LogP contribution is -2.18. The first-order valence-corrected chi connectivity index (χ1v) is 7.38. The van der Waals surface area contributed by atoms with Gasteiger partial charge in [0.2, 0.25) is 0 Å². The van der Waals surface area contributed by atoms with Crippen LogP contribution >= 0.6 is 11.8 Å². The number of hydrogen-bond donors (Lipinski definition) is 0. The second-order valence-corrected chi connectivity index (χ2v) is 5.30. The second kappa shape index (κ2) is 5.46. The summed E-state index contributed by atoms with van der Waals surface area (Å²) in [5.74, 6) is 0.832. The third-order valence-electron chi connectivity index (χ3n) is 3.03. The molecule has 2 aromatic heterocycles. The van der Waals surface area contributed by atoms with Gasteiger partial charge in [0.1, 0.15) is 0 Å². The van der Waals surface area contributed by atoms with Crippen LogP contribution in [0.3, 0.4) is 0 Å². The van der Waals surface area contributed by atoms with Crippen molar-refractivity contribution in [1.82, 2.24) is 25.3 Å². The molecule has 0 spiro atoms. The number of nitrogens with zero attached hydrogens (tertiary/aromatic N) is 6. The fourth-order valence-electron chi connectivity index (χ4n) is 1.93. The van der Waals surface area contributed by atoms with E-state index in [0.717, 1.165) is 12.4 Å². The zero-order valence-corrected chi connectivity index (χ0v) is 12.1. The molecular formula is C13H14N6S. The summed E-state index contributed by atoms with van der Waals surface area (Å²) in [4.78, 5) is 3.33. The van der Waals surface area contributed by atoms with Crippen LogP contribution in [-0.4, -0.2) is 38.6 Å². The van der Waals surface area contributed by atoms with E-state index >= 15 is 0 Å². The average Bonchev–Trinajstić information content (AvgIpc) is 2.95. The topological polar surface area (TPSA) is 59.2 Å². The fraction of sp³-hybridized carbons (Fsp3) is 0.231. The number of fused-ring (bicyclic) bond motifs is 1. The summed E-state index contributed by atoms with van der Waals surface area (Å²) in [6.07, 6.45) is 2.08. The minimum atomic E-state index is 0.645. The Balaban J connectivity index is 1.78. The SMILES string of the molecule is CSc1ccc(CN(C)c2ccc3nnnn3n2)cc1. The number of hydrogen-bond acceptors (Lipinski definition) is 6. The minimum Gasteiger partial charge on any atom is -0.354 e. The quantitative estimate of drug-likeness (QED) is 0.683. The van der Waals surface area contributed by atoms with Gasteiger partial charge >= 0.3 is 0 Å². The van der Waals surface area contributed by atoms with E-state index < -0.39 is 0 Å². The molecule has 3 rings (SSSR count). The van der Waals surface area contributed by atoms with E-state index in [1.807, 2.05) is 19.2 Å². The fourth-order valence-corrected chi connectivity index (χ4v) is 2.34. The predicted molar refractivity (Wildman–Crippen MR) is 78.9 cm³/mol. The molecule has 0 aliphatic heterocycles. The molecule has 0 radical (unpaired) electrons. The third kappa shape index (κ3) is 2.57. The van der Waals surface area contributed by atoms with E-state index in [1.165, 1.54) is 15.1 Å². The molecule has 2 heterocycles. The van der Waals surface area contributed by atoms with Gasteiger partial charge in [-0.3, -0.25) is 0 Å². The summed E-state index contributed by atoms with van der Waals surface area (Å²) >= 11 is 1.74. The van der Waals surface area contributed by atoms with Gasteiger partial charge in [-0.05, 0) is 46.5 Å². The molecule has 0 aliphatic carbocycles. The highest BCUT2D eigenvalue weighted by Crippen LogP contribution is 2.17. The predicted octanol–water partition coefficient (Wildman–Crippen LogP) is 1.88. The van der Waals surface area contributed by atoms with Gasteiger partial charge in [0, 0.05) is 18.5 Å². The molecule has 0 bridgehead atoms. The normalized spacial score (nSPS) is 10.9. The molecule has 0 atom stereocenters. The van der Waals surface area contributed by atoms with Crippen LogP contribution in [0.2, 0.25) is 0 Å². The van der Waals surface area contributed by atoms with E-state index in [-0.39, 0.29) is 0 Å². The highest BCUT2D eigenvalue weighted by molar-refractivity contribution is 7.98. The van der Waals surface area contributed by atoms with Crippen LogP contribution in [0.25, 0.3) is 5.65 Å². The number of rotatable bonds is 4. The zero-order chi connectivity index (χ0) is 13.9. The standard InChI is InChI=1S/C13H14N6S/c1-18(9-10-3-5-11(20-2)6-4-10)13-8-7-12-14-16-17-19(12)15-13/h3-8H,9H2,1-2H3. The number of anilines is 1. The summed E-state index contributed by atoms with van der Waals surface area (Å²) in [5.41, 5.74) is 1.88. The molecule has 0 saturated carbocycles. The molecule has 102 valence electrons. The van der Waals surface area contributed by atoms with Crippen molar-refractivity contribution in [3.05, 3.63) is 42.0 Å². The summed E-state index contributed by atoms with van der Waals surface area (Å²) in [7, 11) is 2.00. The van der Waals surface area contributed by atoms with E-state index in [9.17, 15) is 0 Å². The first-order chi connectivity index (χ1) is 9.76. The van der Waals surface area contributed by atoms with Crippen molar-refractivity contribution in [2.24, 2.45) is 0 Å². The highest BCUT2D eigenvalue weighted by atomic mass is 32.2. The molecule has 0 aliphatic rings. The molecule has 6 nitrogen and oxygen atoms in total. The molecule has 1 aromatic carbocycles. The third-order valence-corrected chi connectivity index (χ3v) is 3.77. The summed E-state index contributed by atoms with van der Waals surface area (Å²) < 4.78 is 1.43. The summed E-state index contributed by atoms with van der Waals surface area (Å²) in [6.45, 7) is 0.787. The van der Waals surface area contributed by atoms with Crippen molar-refractivity contribution >= 4 is 23.2 Å². The van der Waals surface area contributed by atoms with Crippen LogP contribution in [0.5, 0.6) is 0 Å². The van der Waals surface area contributed by atoms with E-state index in [1.54, 1.807) is 11.8 Å². The van der Waals surface area contributed by atoms with Crippen LogP contribution in [0.1, 0.15) is 5.56 Å². The highest BCUT2D eigenvalue weighted by Gasteiger charge is 2.06. The smallest absolute Gasteiger partial charge is 0.200 e. The lowest BCUT2D eigenvalue weighted by Gasteiger charge is -2.17. The molecule has 0 unspecified atom stereocenters. The van der Waals surface area contributed by atoms with Crippen molar-refractivity contribution < 1.29 is 0 Å². The Morgan fingerprint density at radius 2 is 1.95 bits per heavy atom. The van der Waals surface area contributed by atoms with Crippen LogP contribution in [0, 0.1) is 0 Å². The maximum Gasteiger partial charge on any atom is 0.200 e. The van der Waals surface area contributed by atoms with Gasteiger partial charge in [0.15, 0.2) is 11.5 Å². The summed E-state index contributed by atoms with van der Waals surface area (Å²) in [6, 6.07) is 12.3. The molecule has 3 aromatic rings. The Hall–Kier alpha value is -2.15. The van der Waals surface area contributed by atoms with E-state index in [2.05, 4.69) is 56.0 Å². The van der Waals surface area contributed by atoms with Crippen LogP contribution < -0.4 is 4.90 Å². The van der Waals surface area contributed by atoms with Crippen molar-refractivity contribution in [3.8, 4) is 0 Å². The van der Waals surface area contributed by atoms with Gasteiger partial charge in [-0.15, -0.1) is 26.6 Å². The number of aromatic nitrogens is 5. The molecule has 0 saturated heterocycles. The maximum atomic E-state index is 4.37. The van der Waals surface area contributed by atoms with Crippen molar-refractivity contribution in [2.75, 3.05) is 18.2 Å². The van der Waals surface area contributed by atoms with Gasteiger partial charge in [-0.25, -0.2) is 0 Å². The largest absolute Gasteiger partial charge is 0.354 e. The Bertz CT molecular complexity index is 708. The Kier molecular flexibility index (Phi) is 3.51. The molecule has 0 amide bonds. The zero-order valence-electron chi connectivity index (χ0n) is 11.3. The van der Waals surface area contributed by atoms with Gasteiger partial charge < -0.3 is 4.90 Å². The molecule has 0 N–H and O–H groups in total. The number of thioether (sulfide) groups is 1. The Morgan fingerprint density at radius 1 is 1.15 bits per heavy atom. The Labute approximate surface area is 120 Å². The average molecular weight is 286 g/mol. The first-order valence-electron chi connectivity index (χ1n) is 6.16. The molecule has 7 heteroatoms. The van der Waals surface area contributed by atoms with Gasteiger partial charge in [-0.2, -0.15) is 0 Å². The number of benzene rings is 1. The van der Waals surface area contributed by atoms with Gasteiger partial charge in [0.05, 0.1) is 0 Å². The Morgan fingerprint density at radius 3 is 2.70 bits per heavy atom. The minimum absolute atomic E-state index is 0.645. The van der Waals surface area contributed by atoms with Crippen molar-refractivity contribution in [3.63, 3.8) is 0 Å². The van der Waals surface area contributed by atoms with Gasteiger partial charge in [-0.1, -0.05) is 12.1 Å².